The molecular weight excluding hydrogens is 174 g/mol. The Labute approximate surface area is 66.4 Å². The molecule has 1 aromatic rings. The number of rotatable bonds is 2. The molecule has 0 aliphatic heterocycles. The summed E-state index contributed by atoms with van der Waals surface area (Å²) >= 11 is 6.53. The largest absolute Gasteiger partial charge is 0.324 e. The zero-order valence-electron chi connectivity index (χ0n) is 4.91. The molecule has 0 amide bonds. The number of thiophene rings is 1. The minimum atomic E-state index is -0.416. The molecule has 0 radical (unpaired) electrons. The third-order valence-corrected chi connectivity index (χ3v) is 2.21. The molecule has 0 fully saturated rings. The van der Waals surface area contributed by atoms with E-state index < -0.39 is 4.92 Å². The van der Waals surface area contributed by atoms with Crippen LogP contribution in [0.5, 0.6) is 0 Å². The maximum Gasteiger partial charge on any atom is 0.324 e. The van der Waals surface area contributed by atoms with Crippen LogP contribution in [0.2, 0.25) is 0 Å². The van der Waals surface area contributed by atoms with E-state index in [2.05, 4.69) is 0 Å². The lowest BCUT2D eigenvalue weighted by Crippen LogP contribution is -1.81. The third kappa shape index (κ3) is 1.46. The Morgan fingerprint density at radius 1 is 1.80 bits per heavy atom. The van der Waals surface area contributed by atoms with Crippen LogP contribution in [0.1, 0.15) is 5.56 Å². The van der Waals surface area contributed by atoms with Crippen molar-refractivity contribution in [2.24, 2.45) is 0 Å². The number of alkyl halides is 1. The van der Waals surface area contributed by atoms with Gasteiger partial charge < -0.3 is 0 Å². The quantitative estimate of drug-likeness (QED) is 0.396. The third-order valence-electron chi connectivity index (χ3n) is 0.974. The van der Waals surface area contributed by atoms with Crippen molar-refractivity contribution in [1.82, 2.24) is 0 Å². The predicted molar refractivity (Wildman–Crippen MR) is 40.5 cm³/mol. The first-order valence-electron chi connectivity index (χ1n) is 2.52. The van der Waals surface area contributed by atoms with Crippen LogP contribution in [0.15, 0.2) is 11.4 Å². The van der Waals surface area contributed by atoms with E-state index in [4.69, 9.17) is 11.6 Å². The van der Waals surface area contributed by atoms with E-state index in [-0.39, 0.29) is 5.00 Å². The van der Waals surface area contributed by atoms with Gasteiger partial charge in [-0.15, -0.1) is 11.6 Å². The molecule has 0 saturated heterocycles. The number of hydrogen-bond acceptors (Lipinski definition) is 3. The van der Waals surface area contributed by atoms with E-state index >= 15 is 0 Å². The zero-order valence-corrected chi connectivity index (χ0v) is 6.48. The maximum absolute atomic E-state index is 10.1. The summed E-state index contributed by atoms with van der Waals surface area (Å²) in [6.07, 6.45) is 0. The van der Waals surface area contributed by atoms with Gasteiger partial charge in [0.2, 0.25) is 0 Å². The van der Waals surface area contributed by atoms with E-state index in [1.807, 2.05) is 0 Å². The molecular formula is C5H4ClNO2S. The summed E-state index contributed by atoms with van der Waals surface area (Å²) in [5, 5.41) is 11.9. The highest BCUT2D eigenvalue weighted by Gasteiger charge is 2.07. The molecule has 0 N–H and O–H groups in total. The van der Waals surface area contributed by atoms with Crippen molar-refractivity contribution >= 4 is 27.9 Å². The number of hydrogen-bond donors (Lipinski definition) is 0. The normalized spacial score (nSPS) is 9.70. The van der Waals surface area contributed by atoms with Gasteiger partial charge in [-0.3, -0.25) is 10.1 Å². The SMILES string of the molecule is O=[N+]([O-])c1cc(CCl)cs1. The Morgan fingerprint density at radius 3 is 2.80 bits per heavy atom. The summed E-state index contributed by atoms with van der Waals surface area (Å²) in [4.78, 5) is 9.69. The summed E-state index contributed by atoms with van der Waals surface area (Å²) in [5.41, 5.74) is 0.804. The Hall–Kier alpha value is -0.610. The molecule has 0 aromatic carbocycles. The molecule has 1 aromatic heterocycles. The molecule has 0 spiro atoms. The maximum atomic E-state index is 10.1. The molecule has 1 rings (SSSR count). The molecule has 0 unspecified atom stereocenters. The Kier molecular flexibility index (Phi) is 2.24. The topological polar surface area (TPSA) is 43.1 Å². The van der Waals surface area contributed by atoms with Crippen LogP contribution in [0, 0.1) is 10.1 Å². The predicted octanol–water partition coefficient (Wildman–Crippen LogP) is 2.40. The first kappa shape index (κ1) is 7.50. The van der Waals surface area contributed by atoms with Crippen LogP contribution < -0.4 is 0 Å². The van der Waals surface area contributed by atoms with Crippen LogP contribution in [-0.4, -0.2) is 4.92 Å². The molecule has 54 valence electrons. The molecule has 0 bridgehead atoms. The van der Waals surface area contributed by atoms with Gasteiger partial charge >= 0.3 is 5.00 Å². The van der Waals surface area contributed by atoms with Gasteiger partial charge in [-0.25, -0.2) is 0 Å². The Balaban J connectivity index is 2.88. The van der Waals surface area contributed by atoms with Crippen LogP contribution >= 0.6 is 22.9 Å². The lowest BCUT2D eigenvalue weighted by molar-refractivity contribution is -0.380. The fraction of sp³-hybridized carbons (Fsp3) is 0.200. The molecule has 0 aliphatic rings. The molecule has 1 heterocycles. The second-order valence-electron chi connectivity index (χ2n) is 1.68. The van der Waals surface area contributed by atoms with E-state index in [0.29, 0.717) is 5.88 Å². The average Bonchev–Trinajstić information content (AvgIpc) is 2.34. The fourth-order valence-corrected chi connectivity index (χ4v) is 1.50. The van der Waals surface area contributed by atoms with Crippen LogP contribution in [0.4, 0.5) is 5.00 Å². The van der Waals surface area contributed by atoms with Crippen molar-refractivity contribution < 1.29 is 4.92 Å². The first-order chi connectivity index (χ1) is 4.74. The van der Waals surface area contributed by atoms with E-state index in [0.717, 1.165) is 16.9 Å². The van der Waals surface area contributed by atoms with Gasteiger partial charge in [0.05, 0.1) is 4.92 Å². The van der Waals surface area contributed by atoms with Crippen molar-refractivity contribution in [1.29, 1.82) is 0 Å². The van der Waals surface area contributed by atoms with Crippen molar-refractivity contribution in [2.45, 2.75) is 5.88 Å². The van der Waals surface area contributed by atoms with Crippen molar-refractivity contribution in [3.8, 4) is 0 Å². The van der Waals surface area contributed by atoms with E-state index in [1.165, 1.54) is 6.07 Å². The average molecular weight is 178 g/mol. The Morgan fingerprint density at radius 2 is 2.50 bits per heavy atom. The minimum absolute atomic E-state index is 0.149. The fourth-order valence-electron chi connectivity index (χ4n) is 0.529. The van der Waals surface area contributed by atoms with E-state index in [1.54, 1.807) is 5.38 Å². The lowest BCUT2D eigenvalue weighted by atomic mass is 10.4. The molecule has 0 aliphatic carbocycles. The summed E-state index contributed by atoms with van der Waals surface area (Å²) < 4.78 is 0. The Bertz CT molecular complexity index is 248. The van der Waals surface area contributed by atoms with Gasteiger partial charge in [0.25, 0.3) is 0 Å². The van der Waals surface area contributed by atoms with Crippen LogP contribution in [0.25, 0.3) is 0 Å². The van der Waals surface area contributed by atoms with Gasteiger partial charge in [0.15, 0.2) is 0 Å². The summed E-state index contributed by atoms with van der Waals surface area (Å²) in [6, 6.07) is 1.48. The highest BCUT2D eigenvalue weighted by molar-refractivity contribution is 7.13. The summed E-state index contributed by atoms with van der Waals surface area (Å²) in [6.45, 7) is 0. The van der Waals surface area contributed by atoms with Gasteiger partial charge in [-0.2, -0.15) is 0 Å². The second kappa shape index (κ2) is 2.98. The molecule has 10 heavy (non-hydrogen) atoms. The van der Waals surface area contributed by atoms with Crippen LogP contribution in [0.3, 0.4) is 0 Å². The second-order valence-corrected chi connectivity index (χ2v) is 2.84. The number of halogens is 1. The van der Waals surface area contributed by atoms with Crippen LogP contribution in [-0.2, 0) is 5.88 Å². The van der Waals surface area contributed by atoms with Crippen molar-refractivity contribution in [3.05, 3.63) is 27.1 Å². The minimum Gasteiger partial charge on any atom is -0.258 e. The standard InChI is InChI=1S/C5H4ClNO2S/c6-2-4-1-5(7(8)9)10-3-4/h1,3H,2H2. The van der Waals surface area contributed by atoms with Crippen molar-refractivity contribution in [2.75, 3.05) is 0 Å². The van der Waals surface area contributed by atoms with Gasteiger partial charge in [0.1, 0.15) is 0 Å². The van der Waals surface area contributed by atoms with Gasteiger partial charge in [0, 0.05) is 17.3 Å². The monoisotopic (exact) mass is 177 g/mol. The van der Waals surface area contributed by atoms with E-state index in [9.17, 15) is 10.1 Å². The first-order valence-corrected chi connectivity index (χ1v) is 3.93. The van der Waals surface area contributed by atoms with Crippen molar-refractivity contribution in [3.63, 3.8) is 0 Å². The molecule has 0 atom stereocenters. The molecule has 0 saturated carbocycles. The zero-order chi connectivity index (χ0) is 7.56. The smallest absolute Gasteiger partial charge is 0.258 e. The summed E-state index contributed by atoms with van der Waals surface area (Å²) in [7, 11) is 0. The number of nitro groups is 1. The molecule has 3 nitrogen and oxygen atoms in total. The number of nitrogens with zero attached hydrogens (tertiary/aromatic N) is 1. The summed E-state index contributed by atoms with van der Waals surface area (Å²) in [5.74, 6) is 0.338. The molecule has 5 heteroatoms. The highest BCUT2D eigenvalue weighted by atomic mass is 35.5. The van der Waals surface area contributed by atoms with Gasteiger partial charge in [-0.05, 0) is 5.56 Å². The van der Waals surface area contributed by atoms with Gasteiger partial charge in [-0.1, -0.05) is 11.3 Å². The highest BCUT2D eigenvalue weighted by Crippen LogP contribution is 2.23. The lowest BCUT2D eigenvalue weighted by Gasteiger charge is -1.79.